The molecule has 68 valence electrons. The third-order valence-electron chi connectivity index (χ3n) is 1.41. The van der Waals surface area contributed by atoms with Crippen molar-refractivity contribution in [1.82, 2.24) is 0 Å². The van der Waals surface area contributed by atoms with Gasteiger partial charge in [-0.1, -0.05) is 35.4 Å². The SMILES string of the molecule is NC(=S)C(=O)c1ccc(Cl)c(Cl)c1. The minimum atomic E-state index is -0.409. The van der Waals surface area contributed by atoms with Gasteiger partial charge in [0.1, 0.15) is 4.99 Å². The van der Waals surface area contributed by atoms with Crippen LogP contribution in [0.1, 0.15) is 10.4 Å². The van der Waals surface area contributed by atoms with Crippen molar-refractivity contribution in [3.8, 4) is 0 Å². The van der Waals surface area contributed by atoms with Crippen LogP contribution in [0.15, 0.2) is 18.2 Å². The fourth-order valence-corrected chi connectivity index (χ4v) is 1.20. The summed E-state index contributed by atoms with van der Waals surface area (Å²) in [7, 11) is 0. The highest BCUT2D eigenvalue weighted by molar-refractivity contribution is 7.82. The summed E-state index contributed by atoms with van der Waals surface area (Å²) in [5.74, 6) is -0.409. The summed E-state index contributed by atoms with van der Waals surface area (Å²) in [5.41, 5.74) is 5.51. The van der Waals surface area contributed by atoms with E-state index in [4.69, 9.17) is 28.9 Å². The zero-order valence-electron chi connectivity index (χ0n) is 6.38. The fraction of sp³-hybridized carbons (Fsp3) is 0. The van der Waals surface area contributed by atoms with Crippen LogP contribution in [0, 0.1) is 0 Å². The number of benzene rings is 1. The Morgan fingerprint density at radius 1 is 1.31 bits per heavy atom. The average molecular weight is 234 g/mol. The quantitative estimate of drug-likeness (QED) is 0.631. The Kier molecular flexibility index (Phi) is 3.25. The van der Waals surface area contributed by atoms with Crippen molar-refractivity contribution in [1.29, 1.82) is 0 Å². The van der Waals surface area contributed by atoms with Crippen molar-refractivity contribution in [2.45, 2.75) is 0 Å². The van der Waals surface area contributed by atoms with Gasteiger partial charge < -0.3 is 5.73 Å². The van der Waals surface area contributed by atoms with Gasteiger partial charge >= 0.3 is 0 Å². The molecule has 0 unspecified atom stereocenters. The molecule has 1 rings (SSSR count). The van der Waals surface area contributed by atoms with E-state index in [0.29, 0.717) is 15.6 Å². The molecule has 0 aliphatic rings. The normalized spacial score (nSPS) is 9.69. The first kappa shape index (κ1) is 10.4. The van der Waals surface area contributed by atoms with E-state index in [-0.39, 0.29) is 4.99 Å². The lowest BCUT2D eigenvalue weighted by Crippen LogP contribution is -2.20. The van der Waals surface area contributed by atoms with Crippen molar-refractivity contribution in [3.05, 3.63) is 33.8 Å². The molecule has 1 aromatic carbocycles. The van der Waals surface area contributed by atoms with Gasteiger partial charge in [-0.05, 0) is 18.2 Å². The summed E-state index contributed by atoms with van der Waals surface area (Å²) < 4.78 is 0. The van der Waals surface area contributed by atoms with Crippen LogP contribution in [0.25, 0.3) is 0 Å². The van der Waals surface area contributed by atoms with E-state index in [2.05, 4.69) is 12.2 Å². The maximum Gasteiger partial charge on any atom is 0.219 e. The molecule has 1 aromatic rings. The largest absolute Gasteiger partial charge is 0.387 e. The highest BCUT2D eigenvalue weighted by Crippen LogP contribution is 2.22. The summed E-state index contributed by atoms with van der Waals surface area (Å²) in [6, 6.07) is 4.48. The van der Waals surface area contributed by atoms with E-state index >= 15 is 0 Å². The van der Waals surface area contributed by atoms with E-state index in [1.165, 1.54) is 18.2 Å². The molecule has 2 N–H and O–H groups in total. The van der Waals surface area contributed by atoms with Crippen molar-refractivity contribution >= 4 is 46.2 Å². The number of hydrogen-bond donors (Lipinski definition) is 1. The van der Waals surface area contributed by atoms with Crippen LogP contribution in [-0.2, 0) is 0 Å². The lowest BCUT2D eigenvalue weighted by atomic mass is 10.1. The Morgan fingerprint density at radius 2 is 1.92 bits per heavy atom. The minimum absolute atomic E-state index is 0.182. The van der Waals surface area contributed by atoms with E-state index in [0.717, 1.165) is 0 Å². The highest BCUT2D eigenvalue weighted by atomic mass is 35.5. The molecule has 13 heavy (non-hydrogen) atoms. The fourth-order valence-electron chi connectivity index (χ4n) is 0.780. The summed E-state index contributed by atoms with van der Waals surface area (Å²) in [6.07, 6.45) is 0. The number of Topliss-reactive ketones (excluding diaryl/α,β-unsaturated/α-hetero) is 1. The van der Waals surface area contributed by atoms with Crippen molar-refractivity contribution in [2.24, 2.45) is 5.73 Å². The van der Waals surface area contributed by atoms with Gasteiger partial charge in [0.2, 0.25) is 5.78 Å². The molecular formula is C8H5Cl2NOS. The lowest BCUT2D eigenvalue weighted by molar-refractivity contribution is 0.106. The maximum absolute atomic E-state index is 11.2. The molecule has 0 fully saturated rings. The van der Waals surface area contributed by atoms with Gasteiger partial charge in [0, 0.05) is 5.56 Å². The summed E-state index contributed by atoms with van der Waals surface area (Å²) in [4.78, 5) is 11.1. The summed E-state index contributed by atoms with van der Waals surface area (Å²) in [5, 5.41) is 0.699. The van der Waals surface area contributed by atoms with E-state index in [1.807, 2.05) is 0 Å². The molecule has 0 heterocycles. The molecule has 0 aromatic heterocycles. The summed E-state index contributed by atoms with van der Waals surface area (Å²) >= 11 is 15.9. The number of nitrogens with two attached hydrogens (primary N) is 1. The molecule has 0 spiro atoms. The molecule has 0 aliphatic carbocycles. The molecule has 0 amide bonds. The van der Waals surface area contributed by atoms with Gasteiger partial charge in [0.05, 0.1) is 10.0 Å². The smallest absolute Gasteiger partial charge is 0.219 e. The molecule has 0 saturated carbocycles. The van der Waals surface area contributed by atoms with Gasteiger partial charge in [-0.15, -0.1) is 0 Å². The Bertz CT molecular complexity index is 378. The number of thiocarbonyl (C=S) groups is 1. The Labute approximate surface area is 90.6 Å². The number of carbonyl (C=O) groups excluding carboxylic acids is 1. The van der Waals surface area contributed by atoms with Crippen LogP contribution in [0.2, 0.25) is 10.0 Å². The van der Waals surface area contributed by atoms with Gasteiger partial charge in [-0.3, -0.25) is 4.79 Å². The van der Waals surface area contributed by atoms with Crippen LogP contribution in [-0.4, -0.2) is 10.8 Å². The van der Waals surface area contributed by atoms with Gasteiger partial charge in [0.25, 0.3) is 0 Å². The number of hydrogen-bond acceptors (Lipinski definition) is 2. The maximum atomic E-state index is 11.2. The molecular weight excluding hydrogens is 229 g/mol. The topological polar surface area (TPSA) is 43.1 Å². The Morgan fingerprint density at radius 3 is 2.38 bits per heavy atom. The van der Waals surface area contributed by atoms with Gasteiger partial charge in [0.15, 0.2) is 0 Å². The molecule has 0 atom stereocenters. The van der Waals surface area contributed by atoms with Crippen molar-refractivity contribution < 1.29 is 4.79 Å². The molecule has 5 heteroatoms. The van der Waals surface area contributed by atoms with Crippen LogP contribution < -0.4 is 5.73 Å². The molecule has 0 saturated heterocycles. The first-order valence-corrected chi connectivity index (χ1v) is 4.48. The van der Waals surface area contributed by atoms with Gasteiger partial charge in [-0.2, -0.15) is 0 Å². The van der Waals surface area contributed by atoms with Crippen LogP contribution in [0.4, 0.5) is 0 Å². The first-order chi connectivity index (χ1) is 6.02. The minimum Gasteiger partial charge on any atom is -0.387 e. The molecule has 0 bridgehead atoms. The van der Waals surface area contributed by atoms with Gasteiger partial charge in [-0.25, -0.2) is 0 Å². The third kappa shape index (κ3) is 2.40. The zero-order valence-corrected chi connectivity index (χ0v) is 8.71. The number of halogens is 2. The zero-order chi connectivity index (χ0) is 10.0. The van der Waals surface area contributed by atoms with E-state index < -0.39 is 5.78 Å². The van der Waals surface area contributed by atoms with E-state index in [1.54, 1.807) is 0 Å². The Hall–Kier alpha value is -0.640. The number of carbonyl (C=O) groups is 1. The number of rotatable bonds is 2. The van der Waals surface area contributed by atoms with Crippen LogP contribution in [0.5, 0.6) is 0 Å². The Balaban J connectivity index is 3.11. The molecule has 0 aliphatic heterocycles. The second-order valence-electron chi connectivity index (χ2n) is 2.32. The summed E-state index contributed by atoms with van der Waals surface area (Å²) in [6.45, 7) is 0. The van der Waals surface area contributed by atoms with Crippen LogP contribution >= 0.6 is 35.4 Å². The van der Waals surface area contributed by atoms with Crippen molar-refractivity contribution in [3.63, 3.8) is 0 Å². The van der Waals surface area contributed by atoms with E-state index in [9.17, 15) is 4.79 Å². The van der Waals surface area contributed by atoms with Crippen molar-refractivity contribution in [2.75, 3.05) is 0 Å². The third-order valence-corrected chi connectivity index (χ3v) is 2.33. The second-order valence-corrected chi connectivity index (χ2v) is 3.58. The molecule has 0 radical (unpaired) electrons. The highest BCUT2D eigenvalue weighted by Gasteiger charge is 2.09. The van der Waals surface area contributed by atoms with Crippen LogP contribution in [0.3, 0.4) is 0 Å². The monoisotopic (exact) mass is 233 g/mol. The predicted molar refractivity (Wildman–Crippen MR) is 57.6 cm³/mol. The lowest BCUT2D eigenvalue weighted by Gasteiger charge is -2.00. The molecule has 2 nitrogen and oxygen atoms in total. The first-order valence-electron chi connectivity index (χ1n) is 3.31. The average Bonchev–Trinajstić information content (AvgIpc) is 2.08. The second kappa shape index (κ2) is 4.05. The predicted octanol–water partition coefficient (Wildman–Crippen LogP) is 2.46. The standard InChI is InChI=1S/C8H5Cl2NOS/c9-5-2-1-4(3-6(5)10)7(12)8(11)13/h1-3H,(H2,11,13). The number of ketones is 1.